The summed E-state index contributed by atoms with van der Waals surface area (Å²) in [4.78, 5) is 10.3. The number of fused-ring (bicyclic) bond motifs is 2. The number of hydrogen-bond donors (Lipinski definition) is 1. The summed E-state index contributed by atoms with van der Waals surface area (Å²) in [5.74, 6) is 0.805. The van der Waals surface area contributed by atoms with Gasteiger partial charge in [-0.2, -0.15) is 5.26 Å². The lowest BCUT2D eigenvalue weighted by Gasteiger charge is -2.35. The standard InChI is InChI=1S/C50H48N4.C6H10.C4H8.C2H6/c1-5-6-8-16-35(2)31-36(3)53-49(39-26-24-38(34-51)25-27-39)54-37(4)40-17-15-18-41(32-40)42-28-29-47-45(33-42)44-21-11-12-22-46(44)50(47,43-19-9-7-10-20-43)48-23-13-14-30-52-48;1-3-5-6-4-2;1-3-4-2;1-2/h7-11,13-21,23-33,36-37H,5-6,12,22H2,1-4H3,(H,53,54);3-6H,1-2H3;3-4H,1-2H3;1-2H3/b16-8-,35-31-;5-3-,6-4-;4-3-;. The molecule has 4 nitrogen and oxygen atoms in total. The lowest BCUT2D eigenvalue weighted by Crippen LogP contribution is -2.32. The highest BCUT2D eigenvalue weighted by Gasteiger charge is 2.48. The Morgan fingerprint density at radius 3 is 2.15 bits per heavy atom. The van der Waals surface area contributed by atoms with E-state index < -0.39 is 5.41 Å². The van der Waals surface area contributed by atoms with Crippen molar-refractivity contribution in [1.29, 1.82) is 5.26 Å². The molecule has 3 atom stereocenters. The van der Waals surface area contributed by atoms with Crippen LogP contribution < -0.4 is 5.32 Å². The molecule has 340 valence electrons. The van der Waals surface area contributed by atoms with Gasteiger partial charge < -0.3 is 5.32 Å². The number of benzene rings is 4. The van der Waals surface area contributed by atoms with Crippen molar-refractivity contribution in [3.8, 4) is 17.2 Å². The van der Waals surface area contributed by atoms with Crippen LogP contribution in [0, 0.1) is 11.3 Å². The van der Waals surface area contributed by atoms with Gasteiger partial charge in [0.25, 0.3) is 0 Å². The summed E-state index contributed by atoms with van der Waals surface area (Å²) < 4.78 is 0. The normalized spacial score (nSPS) is 16.4. The molecule has 4 aromatic carbocycles. The second-order valence-electron chi connectivity index (χ2n) is 16.1. The Hall–Kier alpha value is -6.83. The second-order valence-corrected chi connectivity index (χ2v) is 16.1. The van der Waals surface area contributed by atoms with Gasteiger partial charge in [0.2, 0.25) is 0 Å². The minimum atomic E-state index is -0.437. The molecule has 0 saturated carbocycles. The van der Waals surface area contributed by atoms with Gasteiger partial charge in [0, 0.05) is 17.8 Å². The number of aromatic nitrogens is 1. The van der Waals surface area contributed by atoms with Crippen molar-refractivity contribution in [2.75, 3.05) is 0 Å². The van der Waals surface area contributed by atoms with Crippen LogP contribution in [0.5, 0.6) is 0 Å². The first-order valence-corrected chi connectivity index (χ1v) is 23.9. The van der Waals surface area contributed by atoms with Crippen molar-refractivity contribution < 1.29 is 0 Å². The van der Waals surface area contributed by atoms with Gasteiger partial charge in [-0.15, -0.1) is 0 Å². The molecule has 4 heteroatoms. The van der Waals surface area contributed by atoms with E-state index in [1.807, 2.05) is 115 Å². The third-order valence-corrected chi connectivity index (χ3v) is 11.4. The van der Waals surface area contributed by atoms with E-state index in [2.05, 4.69) is 154 Å². The fourth-order valence-electron chi connectivity index (χ4n) is 8.29. The van der Waals surface area contributed by atoms with Crippen LogP contribution in [-0.2, 0) is 5.41 Å². The van der Waals surface area contributed by atoms with Crippen LogP contribution in [0.3, 0.4) is 0 Å². The van der Waals surface area contributed by atoms with Crippen LogP contribution >= 0.6 is 0 Å². The van der Waals surface area contributed by atoms with Crippen LogP contribution in [0.2, 0.25) is 0 Å². The molecule has 1 heterocycles. The molecule has 0 aliphatic heterocycles. The van der Waals surface area contributed by atoms with Gasteiger partial charge in [0.1, 0.15) is 5.84 Å². The first-order valence-electron chi connectivity index (χ1n) is 23.9. The Morgan fingerprint density at radius 2 is 1.52 bits per heavy atom. The van der Waals surface area contributed by atoms with Crippen LogP contribution in [0.4, 0.5) is 0 Å². The quantitative estimate of drug-likeness (QED) is 0.0588. The molecule has 0 spiro atoms. The summed E-state index contributed by atoms with van der Waals surface area (Å²) in [5, 5.41) is 13.1. The number of rotatable bonds is 12. The fourth-order valence-corrected chi connectivity index (χ4v) is 8.29. The number of nitrogens with zero attached hydrogens (tertiary/aromatic N) is 3. The van der Waals surface area contributed by atoms with Gasteiger partial charge in [-0.25, -0.2) is 0 Å². The highest BCUT2D eigenvalue weighted by atomic mass is 15.0. The number of hydrogen-bond acceptors (Lipinski definition) is 3. The first kappa shape index (κ1) is 51.8. The topological polar surface area (TPSA) is 61.1 Å². The Kier molecular flexibility index (Phi) is 21.6. The van der Waals surface area contributed by atoms with E-state index in [9.17, 15) is 5.26 Å². The molecule has 0 amide bonds. The van der Waals surface area contributed by atoms with Crippen molar-refractivity contribution in [3.05, 3.63) is 239 Å². The van der Waals surface area contributed by atoms with E-state index in [0.29, 0.717) is 5.56 Å². The molecule has 1 aromatic heterocycles. The van der Waals surface area contributed by atoms with Crippen molar-refractivity contribution in [1.82, 2.24) is 10.3 Å². The van der Waals surface area contributed by atoms with E-state index in [1.54, 1.807) is 0 Å². The Labute approximate surface area is 398 Å². The molecule has 7 rings (SSSR count). The predicted octanol–water partition coefficient (Wildman–Crippen LogP) is 16.6. The number of pyridine rings is 1. The minimum Gasteiger partial charge on any atom is -0.364 e. The summed E-state index contributed by atoms with van der Waals surface area (Å²) in [6.07, 6.45) is 29.4. The molecule has 0 radical (unpaired) electrons. The van der Waals surface area contributed by atoms with Gasteiger partial charge in [-0.3, -0.25) is 9.98 Å². The Balaban J connectivity index is 0.000000710. The highest BCUT2D eigenvalue weighted by molar-refractivity contribution is 5.99. The maximum atomic E-state index is 9.43. The summed E-state index contributed by atoms with van der Waals surface area (Å²) in [6.45, 7) is 20.6. The highest BCUT2D eigenvalue weighted by Crippen LogP contribution is 2.57. The van der Waals surface area contributed by atoms with Crippen molar-refractivity contribution in [2.24, 2.45) is 4.99 Å². The summed E-state index contributed by atoms with van der Waals surface area (Å²) in [5.41, 5.74) is 13.5. The molecular formula is C62H72N4. The zero-order valence-corrected chi connectivity index (χ0v) is 41.2. The van der Waals surface area contributed by atoms with Gasteiger partial charge in [-0.1, -0.05) is 166 Å². The van der Waals surface area contributed by atoms with Crippen molar-refractivity contribution >= 4 is 11.4 Å². The summed E-state index contributed by atoms with van der Waals surface area (Å²) in [6, 6.07) is 42.8. The summed E-state index contributed by atoms with van der Waals surface area (Å²) >= 11 is 0. The van der Waals surface area contributed by atoms with Gasteiger partial charge in [-0.05, 0) is 161 Å². The molecule has 2 aliphatic rings. The smallest absolute Gasteiger partial charge is 0.129 e. The van der Waals surface area contributed by atoms with Gasteiger partial charge >= 0.3 is 0 Å². The van der Waals surface area contributed by atoms with Crippen LogP contribution in [0.25, 0.3) is 16.7 Å². The number of allylic oxidation sites excluding steroid dienone is 13. The molecule has 3 unspecified atom stereocenters. The Bertz CT molecular complexity index is 2500. The third-order valence-electron chi connectivity index (χ3n) is 11.4. The Morgan fingerprint density at radius 1 is 0.818 bits per heavy atom. The van der Waals surface area contributed by atoms with Crippen molar-refractivity contribution in [3.63, 3.8) is 0 Å². The molecule has 66 heavy (non-hydrogen) atoms. The largest absolute Gasteiger partial charge is 0.364 e. The maximum Gasteiger partial charge on any atom is 0.129 e. The number of aliphatic imine (C=N–C) groups is 1. The van der Waals surface area contributed by atoms with Crippen molar-refractivity contribution in [2.45, 2.75) is 112 Å². The molecule has 0 bridgehead atoms. The lowest BCUT2D eigenvalue weighted by atomic mass is 9.67. The second kappa shape index (κ2) is 27.5. The first-order chi connectivity index (χ1) is 32.2. The third kappa shape index (κ3) is 13.4. The lowest BCUT2D eigenvalue weighted by molar-refractivity contribution is 0.673. The van der Waals surface area contributed by atoms with E-state index in [0.717, 1.165) is 53.9 Å². The average Bonchev–Trinajstić information content (AvgIpc) is 3.67. The fraction of sp³-hybridized carbons (Fsp3) is 0.274. The van der Waals surface area contributed by atoms with Crippen LogP contribution in [0.15, 0.2) is 204 Å². The maximum absolute atomic E-state index is 9.43. The van der Waals surface area contributed by atoms with E-state index in [4.69, 9.17) is 9.98 Å². The number of nitrogens with one attached hydrogen (secondary N) is 1. The van der Waals surface area contributed by atoms with E-state index in [1.165, 1.54) is 39.0 Å². The summed E-state index contributed by atoms with van der Waals surface area (Å²) in [7, 11) is 0. The number of nitriles is 1. The number of amidine groups is 1. The molecule has 5 aromatic rings. The molecular weight excluding hydrogens is 801 g/mol. The molecule has 0 fully saturated rings. The van der Waals surface area contributed by atoms with E-state index >= 15 is 0 Å². The van der Waals surface area contributed by atoms with Crippen LogP contribution in [0.1, 0.15) is 140 Å². The average molecular weight is 873 g/mol. The zero-order chi connectivity index (χ0) is 47.7. The molecule has 0 saturated heterocycles. The molecule has 1 N–H and O–H groups in total. The zero-order valence-electron chi connectivity index (χ0n) is 41.2. The molecule has 2 aliphatic carbocycles. The van der Waals surface area contributed by atoms with E-state index in [-0.39, 0.29) is 12.1 Å². The minimum absolute atomic E-state index is 0.0535. The van der Waals surface area contributed by atoms with Gasteiger partial charge in [0.05, 0.1) is 28.8 Å². The predicted molar refractivity (Wildman–Crippen MR) is 286 cm³/mol. The number of unbranched alkanes of at least 4 members (excludes halogenated alkanes) is 1. The van der Waals surface area contributed by atoms with Gasteiger partial charge in [0.15, 0.2) is 0 Å². The monoisotopic (exact) mass is 873 g/mol. The SMILES string of the molecule is C/C=C\C.C/C=C\C=C/C.CC.CCC/C=C\C(C)=C/C(C)NC(=NC(C)c1cccc(-c2ccc3c(c2)C2=C(CCC=C2)C3(c2ccccc2)c2ccccn2)c1)c1ccc(C#N)cc1. The van der Waals surface area contributed by atoms with Crippen LogP contribution in [-0.4, -0.2) is 16.9 Å².